The number of hydrogen-bond acceptors (Lipinski definition) is 6. The molecule has 0 aliphatic rings. The number of halogens is 1. The molecule has 3 rings (SSSR count). The van der Waals surface area contributed by atoms with Gasteiger partial charge < -0.3 is 15.0 Å². The maximum atomic E-state index is 13.0. The molecule has 0 atom stereocenters. The van der Waals surface area contributed by atoms with Crippen LogP contribution in [0.2, 0.25) is 0 Å². The Kier molecular flexibility index (Phi) is 5.32. The van der Waals surface area contributed by atoms with Crippen molar-refractivity contribution in [3.8, 4) is 0 Å². The summed E-state index contributed by atoms with van der Waals surface area (Å²) < 4.78 is 19.3. The predicted octanol–water partition coefficient (Wildman–Crippen LogP) is 0.468. The van der Waals surface area contributed by atoms with Gasteiger partial charge in [-0.1, -0.05) is 17.3 Å². The van der Waals surface area contributed by atoms with Crippen LogP contribution in [0.15, 0.2) is 29.1 Å². The molecule has 0 spiro atoms. The monoisotopic (exact) mass is 360 g/mol. The zero-order valence-electron chi connectivity index (χ0n) is 14.0. The first-order chi connectivity index (χ1) is 12.6. The number of hydrogen-bond donors (Lipinski definition) is 2. The molecule has 0 aliphatic carbocycles. The summed E-state index contributed by atoms with van der Waals surface area (Å²) in [6.07, 6.45) is 0.638. The molecule has 0 bridgehead atoms. The average Bonchev–Trinajstić information content (AvgIpc) is 3.04. The van der Waals surface area contributed by atoms with E-state index in [9.17, 15) is 14.0 Å². The minimum atomic E-state index is -0.553. The van der Waals surface area contributed by atoms with Gasteiger partial charge in [0.2, 0.25) is 5.82 Å². The van der Waals surface area contributed by atoms with Crippen LogP contribution in [0, 0.1) is 5.82 Å². The van der Waals surface area contributed by atoms with E-state index in [1.165, 1.54) is 16.8 Å². The SMILES string of the molecule is COCCCNC(=O)c1nc2c(nnn2Cc2ccc(F)cc2)c(=O)[nH]1. The molecule has 2 N–H and O–H groups in total. The van der Waals surface area contributed by atoms with Crippen LogP contribution >= 0.6 is 0 Å². The molecule has 1 amide bonds. The Labute approximate surface area is 147 Å². The second-order valence-electron chi connectivity index (χ2n) is 5.56. The maximum absolute atomic E-state index is 13.0. The Morgan fingerprint density at radius 1 is 1.35 bits per heavy atom. The number of nitrogens with one attached hydrogen (secondary N) is 2. The van der Waals surface area contributed by atoms with Crippen molar-refractivity contribution >= 4 is 17.1 Å². The van der Waals surface area contributed by atoms with Crippen molar-refractivity contribution in [1.82, 2.24) is 30.3 Å². The lowest BCUT2D eigenvalue weighted by Gasteiger charge is -2.05. The van der Waals surface area contributed by atoms with E-state index in [1.54, 1.807) is 19.2 Å². The van der Waals surface area contributed by atoms with Gasteiger partial charge in [0, 0.05) is 20.3 Å². The van der Waals surface area contributed by atoms with E-state index in [2.05, 4.69) is 25.6 Å². The minimum absolute atomic E-state index is 0.0306. The van der Waals surface area contributed by atoms with E-state index in [4.69, 9.17) is 4.74 Å². The highest BCUT2D eigenvalue weighted by Gasteiger charge is 2.16. The topological polar surface area (TPSA) is 115 Å². The number of carbonyl (C=O) groups excluding carboxylic acids is 1. The second kappa shape index (κ2) is 7.83. The summed E-state index contributed by atoms with van der Waals surface area (Å²) in [5.74, 6) is -0.976. The molecule has 1 aromatic carbocycles. The summed E-state index contributed by atoms with van der Waals surface area (Å²) in [7, 11) is 1.57. The van der Waals surface area contributed by atoms with Gasteiger partial charge in [-0.2, -0.15) is 0 Å². The second-order valence-corrected chi connectivity index (χ2v) is 5.56. The van der Waals surface area contributed by atoms with Crippen LogP contribution in [0.25, 0.3) is 11.2 Å². The van der Waals surface area contributed by atoms with Crippen molar-refractivity contribution in [3.63, 3.8) is 0 Å². The third-order valence-electron chi connectivity index (χ3n) is 3.65. The van der Waals surface area contributed by atoms with Crippen LogP contribution in [-0.4, -0.2) is 51.1 Å². The fraction of sp³-hybridized carbons (Fsp3) is 0.312. The third-order valence-corrected chi connectivity index (χ3v) is 3.65. The summed E-state index contributed by atoms with van der Waals surface area (Å²) >= 11 is 0. The molecule has 0 aliphatic heterocycles. The van der Waals surface area contributed by atoms with Gasteiger partial charge in [-0.25, -0.2) is 14.1 Å². The third kappa shape index (κ3) is 3.91. The first-order valence-corrected chi connectivity index (χ1v) is 7.93. The standard InChI is InChI=1S/C16H17FN6O3/c1-26-8-2-7-18-16(25)13-19-14-12(15(24)20-13)21-22-23(14)9-10-3-5-11(17)6-4-10/h3-6H,2,7-9H2,1H3,(H,18,25)(H,19,20,24). The molecule has 0 unspecified atom stereocenters. The predicted molar refractivity (Wildman–Crippen MR) is 90.3 cm³/mol. The van der Waals surface area contributed by atoms with Crippen molar-refractivity contribution in [2.24, 2.45) is 0 Å². The molecule has 0 saturated heterocycles. The molecule has 9 nitrogen and oxygen atoms in total. The highest BCUT2D eigenvalue weighted by molar-refractivity contribution is 5.91. The number of nitrogens with zero attached hydrogens (tertiary/aromatic N) is 4. The number of carbonyl (C=O) groups is 1. The highest BCUT2D eigenvalue weighted by atomic mass is 19.1. The molecule has 3 aromatic rings. The Hall–Kier alpha value is -3.14. The zero-order valence-corrected chi connectivity index (χ0v) is 14.0. The molecule has 2 aromatic heterocycles. The van der Waals surface area contributed by atoms with Gasteiger partial charge in [-0.05, 0) is 24.1 Å². The van der Waals surface area contributed by atoms with Crippen LogP contribution in [0.4, 0.5) is 4.39 Å². The smallest absolute Gasteiger partial charge is 0.287 e. The van der Waals surface area contributed by atoms with Crippen molar-refractivity contribution in [3.05, 3.63) is 51.8 Å². The number of ether oxygens (including phenoxy) is 1. The van der Waals surface area contributed by atoms with Gasteiger partial charge in [0.25, 0.3) is 11.5 Å². The first kappa shape index (κ1) is 17.7. The quantitative estimate of drug-likeness (QED) is 0.592. The summed E-state index contributed by atoms with van der Waals surface area (Å²) in [5.41, 5.74) is 0.413. The van der Waals surface area contributed by atoms with Gasteiger partial charge in [0.15, 0.2) is 11.2 Å². The van der Waals surface area contributed by atoms with E-state index in [0.717, 1.165) is 5.56 Å². The lowest BCUT2D eigenvalue weighted by Crippen LogP contribution is -2.29. The number of rotatable bonds is 7. The van der Waals surface area contributed by atoms with Crippen LogP contribution in [-0.2, 0) is 11.3 Å². The van der Waals surface area contributed by atoms with Gasteiger partial charge in [-0.3, -0.25) is 9.59 Å². The Bertz CT molecular complexity index is 966. The van der Waals surface area contributed by atoms with E-state index in [1.807, 2.05) is 0 Å². The fourth-order valence-corrected chi connectivity index (χ4v) is 2.35. The Balaban J connectivity index is 1.85. The highest BCUT2D eigenvalue weighted by Crippen LogP contribution is 2.09. The van der Waals surface area contributed by atoms with Crippen LogP contribution in [0.1, 0.15) is 22.6 Å². The summed E-state index contributed by atoms with van der Waals surface area (Å²) in [6, 6.07) is 5.85. The largest absolute Gasteiger partial charge is 0.385 e. The van der Waals surface area contributed by atoms with Crippen LogP contribution in [0.5, 0.6) is 0 Å². The summed E-state index contributed by atoms with van der Waals surface area (Å²) in [4.78, 5) is 30.9. The average molecular weight is 360 g/mol. The molecular formula is C16H17FN6O3. The van der Waals surface area contributed by atoms with Gasteiger partial charge in [0.05, 0.1) is 6.54 Å². The van der Waals surface area contributed by atoms with Crippen molar-refractivity contribution in [2.75, 3.05) is 20.3 Å². The molecule has 10 heteroatoms. The van der Waals surface area contributed by atoms with Gasteiger partial charge >= 0.3 is 0 Å². The first-order valence-electron chi connectivity index (χ1n) is 7.93. The number of aromatic nitrogens is 5. The molecule has 2 heterocycles. The molecule has 136 valence electrons. The number of amides is 1. The molecule has 26 heavy (non-hydrogen) atoms. The van der Waals surface area contributed by atoms with Crippen LogP contribution < -0.4 is 10.9 Å². The van der Waals surface area contributed by atoms with E-state index < -0.39 is 11.5 Å². The normalized spacial score (nSPS) is 11.0. The van der Waals surface area contributed by atoms with Crippen LogP contribution in [0.3, 0.4) is 0 Å². The molecular weight excluding hydrogens is 343 g/mol. The van der Waals surface area contributed by atoms with Gasteiger partial charge in [0.1, 0.15) is 5.82 Å². The Morgan fingerprint density at radius 3 is 2.85 bits per heavy atom. The van der Waals surface area contributed by atoms with Crippen molar-refractivity contribution < 1.29 is 13.9 Å². The lowest BCUT2D eigenvalue weighted by atomic mass is 10.2. The Morgan fingerprint density at radius 2 is 2.12 bits per heavy atom. The van der Waals surface area contributed by atoms with E-state index >= 15 is 0 Å². The summed E-state index contributed by atoms with van der Waals surface area (Å²) in [5, 5.41) is 10.4. The number of methoxy groups -OCH3 is 1. The van der Waals surface area contributed by atoms with Gasteiger partial charge in [-0.15, -0.1) is 5.10 Å². The maximum Gasteiger partial charge on any atom is 0.287 e. The zero-order chi connectivity index (χ0) is 18.5. The van der Waals surface area contributed by atoms with Crippen molar-refractivity contribution in [1.29, 1.82) is 0 Å². The number of benzene rings is 1. The molecule has 0 radical (unpaired) electrons. The lowest BCUT2D eigenvalue weighted by molar-refractivity contribution is 0.0938. The van der Waals surface area contributed by atoms with E-state index in [0.29, 0.717) is 19.6 Å². The number of fused-ring (bicyclic) bond motifs is 1. The molecule has 0 fully saturated rings. The number of aromatic amines is 1. The minimum Gasteiger partial charge on any atom is -0.385 e. The summed E-state index contributed by atoms with van der Waals surface area (Å²) in [6.45, 7) is 1.14. The van der Waals surface area contributed by atoms with Crippen molar-refractivity contribution in [2.45, 2.75) is 13.0 Å². The number of H-pyrrole nitrogens is 1. The molecule has 0 saturated carbocycles. The fourth-order valence-electron chi connectivity index (χ4n) is 2.35. The van der Waals surface area contributed by atoms with E-state index in [-0.39, 0.29) is 29.4 Å².